The number of benzene rings is 2. The molecule has 2 atom stereocenters. The molecular weight excluding hydrogens is 430 g/mol. The molecule has 2 aromatic rings. The summed E-state index contributed by atoms with van der Waals surface area (Å²) in [5.41, 5.74) is 1.97. The average molecular weight is 466 g/mol. The smallest absolute Gasteiger partial charge is 0.303 e. The third-order valence-electron chi connectivity index (χ3n) is 6.13. The van der Waals surface area contributed by atoms with Gasteiger partial charge < -0.3 is 19.8 Å². The summed E-state index contributed by atoms with van der Waals surface area (Å²) < 4.78 is 5.87. The van der Waals surface area contributed by atoms with Gasteiger partial charge in [-0.25, -0.2) is 0 Å². The molecule has 0 aromatic heterocycles. The highest BCUT2D eigenvalue weighted by Gasteiger charge is 2.28. The lowest BCUT2D eigenvalue weighted by molar-refractivity contribution is -0.137. The summed E-state index contributed by atoms with van der Waals surface area (Å²) in [5.74, 6) is 0.104. The van der Waals surface area contributed by atoms with E-state index in [4.69, 9.17) is 9.84 Å². The van der Waals surface area contributed by atoms with Crippen molar-refractivity contribution in [1.82, 2.24) is 4.90 Å². The number of aliphatic hydroxyl groups excluding tert-OH is 1. The Bertz CT molecular complexity index is 943. The van der Waals surface area contributed by atoms with E-state index in [9.17, 15) is 14.7 Å². The minimum Gasteiger partial charge on any atom is -0.493 e. The summed E-state index contributed by atoms with van der Waals surface area (Å²) in [6.07, 6.45) is 8.52. The fourth-order valence-corrected chi connectivity index (χ4v) is 4.22. The van der Waals surface area contributed by atoms with Crippen molar-refractivity contribution in [3.63, 3.8) is 0 Å². The first-order valence-electron chi connectivity index (χ1n) is 12.2. The van der Waals surface area contributed by atoms with E-state index in [-0.39, 0.29) is 18.4 Å². The maximum Gasteiger partial charge on any atom is 0.303 e. The van der Waals surface area contributed by atoms with Crippen LogP contribution in [0.3, 0.4) is 0 Å². The van der Waals surface area contributed by atoms with Gasteiger partial charge in [0.05, 0.1) is 18.8 Å². The topological polar surface area (TPSA) is 87.1 Å². The van der Waals surface area contributed by atoms with Gasteiger partial charge in [-0.3, -0.25) is 9.59 Å². The number of aliphatic carboxylic acids is 1. The SMILES string of the molecule is O=C(O)CCCCCCN1C(=O)CC[C@@H]1/C=C/C(O)c1cccc(OCCc2ccccc2)c1. The van der Waals surface area contributed by atoms with Crippen LogP contribution in [0, 0.1) is 0 Å². The number of unbranched alkanes of at least 4 members (excludes halogenated alkanes) is 3. The summed E-state index contributed by atoms with van der Waals surface area (Å²) >= 11 is 0. The van der Waals surface area contributed by atoms with Gasteiger partial charge in [0, 0.05) is 25.8 Å². The Morgan fingerprint density at radius 3 is 2.68 bits per heavy atom. The molecular formula is C28H35NO5. The van der Waals surface area contributed by atoms with E-state index in [0.717, 1.165) is 43.4 Å². The minimum atomic E-state index is -0.772. The molecule has 0 spiro atoms. The quantitative estimate of drug-likeness (QED) is 0.305. The van der Waals surface area contributed by atoms with Crippen molar-refractivity contribution in [2.75, 3.05) is 13.2 Å². The van der Waals surface area contributed by atoms with Crippen molar-refractivity contribution in [2.45, 2.75) is 63.5 Å². The number of carboxylic acids is 1. The summed E-state index contributed by atoms with van der Waals surface area (Å²) in [5, 5.41) is 19.4. The number of likely N-dealkylation sites (tertiary alicyclic amines) is 1. The van der Waals surface area contributed by atoms with Crippen LogP contribution in [0.15, 0.2) is 66.7 Å². The number of carbonyl (C=O) groups is 2. The molecule has 2 N–H and O–H groups in total. The number of hydrogen-bond donors (Lipinski definition) is 2. The van der Waals surface area contributed by atoms with Crippen molar-refractivity contribution in [3.8, 4) is 5.75 Å². The zero-order valence-electron chi connectivity index (χ0n) is 19.6. The highest BCUT2D eigenvalue weighted by Crippen LogP contribution is 2.24. The maximum atomic E-state index is 12.3. The molecule has 3 rings (SSSR count). The van der Waals surface area contributed by atoms with Crippen LogP contribution in [0.5, 0.6) is 5.75 Å². The van der Waals surface area contributed by atoms with Crippen LogP contribution < -0.4 is 4.74 Å². The van der Waals surface area contributed by atoms with E-state index in [1.165, 1.54) is 5.56 Å². The summed E-state index contributed by atoms with van der Waals surface area (Å²) in [4.78, 5) is 24.8. The van der Waals surface area contributed by atoms with Crippen molar-refractivity contribution < 1.29 is 24.5 Å². The van der Waals surface area contributed by atoms with Crippen LogP contribution in [0.2, 0.25) is 0 Å². The van der Waals surface area contributed by atoms with Gasteiger partial charge in [0.1, 0.15) is 5.75 Å². The van der Waals surface area contributed by atoms with Crippen molar-refractivity contribution in [3.05, 3.63) is 77.9 Å². The molecule has 1 aliphatic rings. The fraction of sp³-hybridized carbons (Fsp3) is 0.429. The zero-order valence-corrected chi connectivity index (χ0v) is 19.6. The van der Waals surface area contributed by atoms with E-state index >= 15 is 0 Å². The van der Waals surface area contributed by atoms with Crippen LogP contribution in [0.1, 0.15) is 62.2 Å². The van der Waals surface area contributed by atoms with Crippen molar-refractivity contribution in [2.24, 2.45) is 0 Å². The lowest BCUT2D eigenvalue weighted by Crippen LogP contribution is -2.32. The van der Waals surface area contributed by atoms with E-state index in [1.807, 2.05) is 53.4 Å². The third kappa shape index (κ3) is 8.34. The Morgan fingerprint density at radius 2 is 1.88 bits per heavy atom. The molecule has 1 unspecified atom stereocenters. The second-order valence-electron chi connectivity index (χ2n) is 8.74. The number of amides is 1. The molecule has 0 aliphatic carbocycles. The van der Waals surface area contributed by atoms with Gasteiger partial charge in [0.2, 0.25) is 5.91 Å². The molecule has 1 fully saturated rings. The lowest BCUT2D eigenvalue weighted by Gasteiger charge is -2.22. The van der Waals surface area contributed by atoms with Crippen LogP contribution in [0.4, 0.5) is 0 Å². The molecule has 34 heavy (non-hydrogen) atoms. The average Bonchev–Trinajstić information content (AvgIpc) is 3.19. The van der Waals surface area contributed by atoms with Crippen LogP contribution in [-0.4, -0.2) is 46.2 Å². The monoisotopic (exact) mass is 465 g/mol. The number of ether oxygens (including phenoxy) is 1. The minimum absolute atomic E-state index is 0.00789. The summed E-state index contributed by atoms with van der Waals surface area (Å²) in [6, 6.07) is 17.7. The largest absolute Gasteiger partial charge is 0.493 e. The zero-order chi connectivity index (χ0) is 24.2. The Kier molecular flexibility index (Phi) is 10.2. The summed E-state index contributed by atoms with van der Waals surface area (Å²) in [7, 11) is 0. The van der Waals surface area contributed by atoms with Gasteiger partial charge >= 0.3 is 5.97 Å². The Morgan fingerprint density at radius 1 is 1.09 bits per heavy atom. The lowest BCUT2D eigenvalue weighted by atomic mass is 10.1. The maximum absolute atomic E-state index is 12.3. The number of carboxylic acid groups (broad SMARTS) is 1. The van der Waals surface area contributed by atoms with Gasteiger partial charge in [0.25, 0.3) is 0 Å². The first-order chi connectivity index (χ1) is 16.5. The highest BCUT2D eigenvalue weighted by molar-refractivity contribution is 5.79. The van der Waals surface area contributed by atoms with Crippen molar-refractivity contribution in [1.29, 1.82) is 0 Å². The first-order valence-corrected chi connectivity index (χ1v) is 12.2. The first kappa shape index (κ1) is 25.5. The standard InChI is InChI=1S/C28H35NO5/c30-26(23-11-8-12-25(21-23)34-20-18-22-9-4-3-5-10-22)16-14-24-15-17-27(31)29(24)19-7-2-1-6-13-28(32)33/h3-5,8-12,14,16,21,24,26,30H,1-2,6-7,13,15,17-20H2,(H,32,33)/b16-14+/t24-,26?/m0/s1. The van der Waals surface area contributed by atoms with Gasteiger partial charge in [0.15, 0.2) is 0 Å². The second kappa shape index (κ2) is 13.6. The number of aliphatic hydroxyl groups is 1. The number of hydrogen-bond acceptors (Lipinski definition) is 4. The Hall–Kier alpha value is -3.12. The Labute approximate surface area is 201 Å². The van der Waals surface area contributed by atoms with Gasteiger partial charge in [-0.15, -0.1) is 0 Å². The predicted molar refractivity (Wildman–Crippen MR) is 132 cm³/mol. The van der Waals surface area contributed by atoms with E-state index in [1.54, 1.807) is 6.08 Å². The second-order valence-corrected chi connectivity index (χ2v) is 8.74. The highest BCUT2D eigenvalue weighted by atomic mass is 16.5. The van der Waals surface area contributed by atoms with Gasteiger partial charge in [-0.1, -0.05) is 67.5 Å². The fourth-order valence-electron chi connectivity index (χ4n) is 4.22. The third-order valence-corrected chi connectivity index (χ3v) is 6.13. The molecule has 6 nitrogen and oxygen atoms in total. The number of carbonyl (C=O) groups excluding carboxylic acids is 1. The molecule has 1 heterocycles. The molecule has 0 saturated carbocycles. The molecule has 0 radical (unpaired) electrons. The van der Waals surface area contributed by atoms with Crippen LogP contribution in [0.25, 0.3) is 0 Å². The van der Waals surface area contributed by atoms with Gasteiger partial charge in [-0.05, 0) is 42.5 Å². The van der Waals surface area contributed by atoms with Crippen molar-refractivity contribution >= 4 is 11.9 Å². The molecule has 1 saturated heterocycles. The molecule has 1 aliphatic heterocycles. The molecule has 2 aromatic carbocycles. The molecule has 1 amide bonds. The molecule has 0 bridgehead atoms. The van der Waals surface area contributed by atoms with Crippen LogP contribution >= 0.6 is 0 Å². The number of rotatable bonds is 14. The normalized spacial score (nSPS) is 16.8. The van der Waals surface area contributed by atoms with E-state index in [0.29, 0.717) is 26.0 Å². The van der Waals surface area contributed by atoms with E-state index < -0.39 is 12.1 Å². The van der Waals surface area contributed by atoms with E-state index in [2.05, 4.69) is 12.1 Å². The van der Waals surface area contributed by atoms with Gasteiger partial charge in [-0.2, -0.15) is 0 Å². The molecule has 182 valence electrons. The number of nitrogens with zero attached hydrogens (tertiary/aromatic N) is 1. The Balaban J connectivity index is 1.46. The molecule has 6 heteroatoms. The predicted octanol–water partition coefficient (Wildman–Crippen LogP) is 4.92. The van der Waals surface area contributed by atoms with Crippen LogP contribution in [-0.2, 0) is 16.0 Å². The summed E-state index contributed by atoms with van der Waals surface area (Å²) in [6.45, 7) is 1.23.